The summed E-state index contributed by atoms with van der Waals surface area (Å²) in [5.74, 6) is 1.55. The molecule has 1 aliphatic rings. The number of fused-ring (bicyclic) bond motifs is 1. The van der Waals surface area contributed by atoms with E-state index in [1.54, 1.807) is 0 Å². The summed E-state index contributed by atoms with van der Waals surface area (Å²) in [6.07, 6.45) is 3.64. The molecule has 1 aromatic heterocycles. The first-order valence-electron chi connectivity index (χ1n) is 9.29. The van der Waals surface area contributed by atoms with Crippen LogP contribution in [0.4, 0.5) is 11.8 Å². The highest BCUT2D eigenvalue weighted by Crippen LogP contribution is 2.28. The van der Waals surface area contributed by atoms with Crippen LogP contribution in [0.25, 0.3) is 10.9 Å². The molecule has 0 bridgehead atoms. The monoisotopic (exact) mass is 384 g/mol. The summed E-state index contributed by atoms with van der Waals surface area (Å²) in [5.41, 5.74) is 1.97. The number of anilines is 2. The summed E-state index contributed by atoms with van der Waals surface area (Å²) < 4.78 is 0. The molecule has 142 valence electrons. The van der Waals surface area contributed by atoms with Crippen LogP contribution < -0.4 is 10.2 Å². The fourth-order valence-corrected chi connectivity index (χ4v) is 3.49. The van der Waals surface area contributed by atoms with Gasteiger partial charge in [0.05, 0.1) is 18.2 Å². The van der Waals surface area contributed by atoms with Crippen molar-refractivity contribution in [2.24, 2.45) is 0 Å². The van der Waals surface area contributed by atoms with Crippen molar-refractivity contribution in [2.45, 2.75) is 25.3 Å². The van der Waals surface area contributed by atoms with E-state index in [2.05, 4.69) is 10.2 Å². The van der Waals surface area contributed by atoms with Gasteiger partial charge in [-0.25, -0.2) is 4.98 Å². The Labute approximate surface area is 165 Å². The highest BCUT2D eigenvalue weighted by molar-refractivity contribution is 5.90. The molecule has 0 aliphatic carbocycles. The normalized spacial score (nSPS) is 15.2. The molecule has 0 spiro atoms. The minimum atomic E-state index is -0.205. The number of hydrogen-bond acceptors (Lipinski definition) is 5. The highest BCUT2D eigenvalue weighted by Gasteiger charge is 2.18. The lowest BCUT2D eigenvalue weighted by Gasteiger charge is -2.27. The van der Waals surface area contributed by atoms with E-state index in [-0.39, 0.29) is 25.1 Å². The lowest BCUT2D eigenvalue weighted by atomic mass is 10.1. The Morgan fingerprint density at radius 1 is 0.926 bits per heavy atom. The third-order valence-corrected chi connectivity index (χ3v) is 4.93. The second-order valence-electron chi connectivity index (χ2n) is 6.73. The molecular formula is C21H25ClN4O. The number of aliphatic hydroxyl groups excluding tert-OH is 1. The second kappa shape index (κ2) is 9.02. The Bertz CT molecular complexity index is 868. The van der Waals surface area contributed by atoms with Crippen LogP contribution in [0.3, 0.4) is 0 Å². The van der Waals surface area contributed by atoms with E-state index in [1.807, 2.05) is 54.6 Å². The van der Waals surface area contributed by atoms with E-state index in [9.17, 15) is 5.11 Å². The van der Waals surface area contributed by atoms with Crippen molar-refractivity contribution in [1.82, 2.24) is 9.97 Å². The number of halogens is 1. The summed E-state index contributed by atoms with van der Waals surface area (Å²) in [6.45, 7) is 2.00. The van der Waals surface area contributed by atoms with Crippen LogP contribution >= 0.6 is 12.4 Å². The molecule has 0 amide bonds. The standard InChI is InChI=1S/C21H24N4O.ClH/c26-15-19(16-9-3-1-4-10-16)22-20-17-11-5-6-12-18(17)23-21(24-20)25-13-7-2-8-14-25;/h1,3-6,9-12,19,26H,2,7-8,13-15H2,(H,22,23,24);1H/t19-;/m0./s1. The van der Waals surface area contributed by atoms with Gasteiger partial charge in [-0.3, -0.25) is 0 Å². The minimum Gasteiger partial charge on any atom is -0.394 e. The SMILES string of the molecule is Cl.OC[C@H](Nc1nc(N2CCCCC2)nc2ccccc12)c1ccccc1. The molecule has 0 saturated carbocycles. The van der Waals surface area contributed by atoms with E-state index < -0.39 is 0 Å². The number of aliphatic hydroxyl groups is 1. The number of benzene rings is 2. The average Bonchev–Trinajstić information content (AvgIpc) is 2.73. The third-order valence-electron chi connectivity index (χ3n) is 4.93. The Morgan fingerprint density at radius 2 is 1.63 bits per heavy atom. The van der Waals surface area contributed by atoms with E-state index in [0.29, 0.717) is 0 Å². The van der Waals surface area contributed by atoms with Crippen LogP contribution in [0.5, 0.6) is 0 Å². The van der Waals surface area contributed by atoms with Gasteiger partial charge >= 0.3 is 0 Å². The first kappa shape index (κ1) is 19.4. The largest absolute Gasteiger partial charge is 0.394 e. The zero-order valence-electron chi connectivity index (χ0n) is 15.2. The zero-order valence-corrected chi connectivity index (χ0v) is 16.0. The molecule has 1 saturated heterocycles. The van der Waals surface area contributed by atoms with Crippen LogP contribution in [0.1, 0.15) is 30.9 Å². The molecule has 3 aromatic rings. The first-order valence-corrected chi connectivity index (χ1v) is 9.29. The Hall–Kier alpha value is -2.37. The van der Waals surface area contributed by atoms with Crippen LogP contribution in [0.15, 0.2) is 54.6 Å². The van der Waals surface area contributed by atoms with Gasteiger partial charge < -0.3 is 15.3 Å². The lowest BCUT2D eigenvalue weighted by molar-refractivity contribution is 0.276. The number of para-hydroxylation sites is 1. The van der Waals surface area contributed by atoms with Crippen molar-refractivity contribution in [3.05, 3.63) is 60.2 Å². The van der Waals surface area contributed by atoms with Crippen LogP contribution in [-0.2, 0) is 0 Å². The summed E-state index contributed by atoms with van der Waals surface area (Å²) in [5, 5.41) is 14.3. The molecule has 2 N–H and O–H groups in total. The number of aromatic nitrogens is 2. The quantitative estimate of drug-likeness (QED) is 0.690. The topological polar surface area (TPSA) is 61.3 Å². The van der Waals surface area contributed by atoms with E-state index >= 15 is 0 Å². The predicted molar refractivity (Wildman–Crippen MR) is 113 cm³/mol. The molecule has 2 heterocycles. The van der Waals surface area contributed by atoms with Gasteiger partial charge in [0, 0.05) is 18.5 Å². The first-order chi connectivity index (χ1) is 12.8. The maximum absolute atomic E-state index is 9.91. The van der Waals surface area contributed by atoms with Crippen molar-refractivity contribution in [3.8, 4) is 0 Å². The van der Waals surface area contributed by atoms with E-state index in [1.165, 1.54) is 19.3 Å². The van der Waals surface area contributed by atoms with Crippen molar-refractivity contribution in [3.63, 3.8) is 0 Å². The maximum Gasteiger partial charge on any atom is 0.227 e. The van der Waals surface area contributed by atoms with Crippen LogP contribution in [-0.4, -0.2) is 34.8 Å². The van der Waals surface area contributed by atoms with Crippen molar-refractivity contribution >= 4 is 35.1 Å². The molecule has 4 rings (SSSR count). The van der Waals surface area contributed by atoms with E-state index in [4.69, 9.17) is 9.97 Å². The summed E-state index contributed by atoms with van der Waals surface area (Å²) in [4.78, 5) is 11.9. The fourth-order valence-electron chi connectivity index (χ4n) is 3.49. The predicted octanol–water partition coefficient (Wildman–Crippen LogP) is 4.19. The van der Waals surface area contributed by atoms with Gasteiger partial charge in [-0.1, -0.05) is 42.5 Å². The molecule has 0 radical (unpaired) electrons. The Morgan fingerprint density at radius 3 is 2.37 bits per heavy atom. The fraction of sp³-hybridized carbons (Fsp3) is 0.333. The number of rotatable bonds is 5. The number of nitrogens with zero attached hydrogens (tertiary/aromatic N) is 3. The van der Waals surface area contributed by atoms with Crippen molar-refractivity contribution in [2.75, 3.05) is 29.9 Å². The van der Waals surface area contributed by atoms with Crippen molar-refractivity contribution in [1.29, 1.82) is 0 Å². The van der Waals surface area contributed by atoms with Gasteiger partial charge in [0.25, 0.3) is 0 Å². The van der Waals surface area contributed by atoms with Gasteiger partial charge in [-0.2, -0.15) is 4.98 Å². The maximum atomic E-state index is 9.91. The molecule has 2 aromatic carbocycles. The van der Waals surface area contributed by atoms with Crippen molar-refractivity contribution < 1.29 is 5.11 Å². The van der Waals surface area contributed by atoms with Crippen LogP contribution in [0.2, 0.25) is 0 Å². The molecular weight excluding hydrogens is 360 g/mol. The Kier molecular flexibility index (Phi) is 6.48. The highest BCUT2D eigenvalue weighted by atomic mass is 35.5. The zero-order chi connectivity index (χ0) is 17.8. The number of piperidine rings is 1. The molecule has 1 atom stereocenters. The minimum absolute atomic E-state index is 0. The Balaban J connectivity index is 0.00000210. The molecule has 6 heteroatoms. The number of hydrogen-bond donors (Lipinski definition) is 2. The average molecular weight is 385 g/mol. The molecule has 1 aliphatic heterocycles. The van der Waals surface area contributed by atoms with Gasteiger partial charge in [0.2, 0.25) is 5.95 Å². The summed E-state index contributed by atoms with van der Waals surface area (Å²) >= 11 is 0. The van der Waals surface area contributed by atoms with Gasteiger partial charge in [-0.05, 0) is 37.0 Å². The summed E-state index contributed by atoms with van der Waals surface area (Å²) in [7, 11) is 0. The second-order valence-corrected chi connectivity index (χ2v) is 6.73. The van der Waals surface area contributed by atoms with Gasteiger partial charge in [0.15, 0.2) is 0 Å². The lowest BCUT2D eigenvalue weighted by Crippen LogP contribution is -2.31. The molecule has 5 nitrogen and oxygen atoms in total. The van der Waals surface area contributed by atoms with Crippen LogP contribution in [0, 0.1) is 0 Å². The summed E-state index contributed by atoms with van der Waals surface area (Å²) in [6, 6.07) is 17.8. The van der Waals surface area contributed by atoms with Gasteiger partial charge in [-0.15, -0.1) is 12.4 Å². The molecule has 0 unspecified atom stereocenters. The molecule has 27 heavy (non-hydrogen) atoms. The third kappa shape index (κ3) is 4.31. The molecule has 1 fully saturated rings. The number of nitrogens with one attached hydrogen (secondary N) is 1. The van der Waals surface area contributed by atoms with E-state index in [0.717, 1.165) is 41.3 Å². The smallest absolute Gasteiger partial charge is 0.227 e. The van der Waals surface area contributed by atoms with Gasteiger partial charge in [0.1, 0.15) is 5.82 Å².